The fourth-order valence-electron chi connectivity index (χ4n) is 7.22. The van der Waals surface area contributed by atoms with Crippen molar-refractivity contribution in [1.29, 1.82) is 0 Å². The zero-order valence-electron chi connectivity index (χ0n) is 31.7. The van der Waals surface area contributed by atoms with E-state index in [0.717, 1.165) is 44.7 Å². The maximum Gasteiger partial charge on any atom is 0.417 e. The lowest BCUT2D eigenvalue weighted by molar-refractivity contribution is -0.137. The van der Waals surface area contributed by atoms with Crippen molar-refractivity contribution in [1.82, 2.24) is 19.5 Å². The van der Waals surface area contributed by atoms with Crippen molar-refractivity contribution in [3.8, 4) is 51.0 Å². The largest absolute Gasteiger partial charge is 0.417 e. The van der Waals surface area contributed by atoms with Crippen LogP contribution in [0, 0.1) is 0 Å². The lowest BCUT2D eigenvalue weighted by Gasteiger charge is -2.20. The van der Waals surface area contributed by atoms with Crippen LogP contribution in [0.1, 0.15) is 58.2 Å². The topological polar surface area (TPSA) is 43.6 Å². The number of hydrogen-bond donors (Lipinski definition) is 0. The third-order valence-electron chi connectivity index (χ3n) is 10.2. The molecule has 2 heterocycles. The molecule has 0 fully saturated rings. The number of hydrogen-bond acceptors (Lipinski definition) is 3. The van der Waals surface area contributed by atoms with Crippen molar-refractivity contribution in [3.63, 3.8) is 0 Å². The van der Waals surface area contributed by atoms with E-state index < -0.39 is 11.7 Å². The molecule has 0 N–H and O–H groups in total. The normalized spacial score (nSPS) is 12.5. The number of alkyl halides is 3. The molecule has 0 spiro atoms. The number of fused-ring (bicyclic) bond motifs is 3. The summed E-state index contributed by atoms with van der Waals surface area (Å²) in [6, 6.07) is 43.6. The van der Waals surface area contributed by atoms with Gasteiger partial charge in [0.1, 0.15) is 0 Å². The molecule has 55 heavy (non-hydrogen) atoms. The molecule has 2 aromatic heterocycles. The molecule has 0 saturated carbocycles. The summed E-state index contributed by atoms with van der Waals surface area (Å²) in [6.07, 6.45) is -4.60. The molecule has 0 radical (unpaired) electrons. The Morgan fingerprint density at radius 1 is 0.436 bits per heavy atom. The first-order valence-electron chi connectivity index (χ1n) is 18.4. The fraction of sp³-hybridized carbons (Fsp3) is 0.188. The number of rotatable bonds is 5. The van der Waals surface area contributed by atoms with Gasteiger partial charge in [0.15, 0.2) is 17.5 Å². The Morgan fingerprint density at radius 3 is 1.40 bits per heavy atom. The number of halogens is 3. The predicted octanol–water partition coefficient (Wildman–Crippen LogP) is 13.3. The average molecular weight is 731 g/mol. The predicted molar refractivity (Wildman–Crippen MR) is 218 cm³/mol. The summed E-state index contributed by atoms with van der Waals surface area (Å²) in [4.78, 5) is 14.7. The molecule has 8 rings (SSSR count). The molecule has 6 aromatic carbocycles. The van der Waals surface area contributed by atoms with Crippen molar-refractivity contribution in [2.75, 3.05) is 0 Å². The van der Waals surface area contributed by atoms with Crippen molar-refractivity contribution < 1.29 is 13.2 Å². The van der Waals surface area contributed by atoms with Crippen molar-refractivity contribution in [2.45, 2.75) is 58.5 Å². The van der Waals surface area contributed by atoms with Crippen LogP contribution in [0.5, 0.6) is 0 Å². The Balaban J connectivity index is 1.44. The SMILES string of the molecule is CC(C)(C)c1ccc2c(c1)c1cc(C(C)(C)C)ccc1n2-c1ccc(-c2nc(-c3ccccc3)nc(-c3ccccc3)n2)c(-c2ccccc2C(F)(F)F)c1. The van der Waals surface area contributed by atoms with Crippen LogP contribution >= 0.6 is 0 Å². The average Bonchev–Trinajstić information content (AvgIpc) is 3.50. The summed E-state index contributed by atoms with van der Waals surface area (Å²) in [5.74, 6) is 1.13. The van der Waals surface area contributed by atoms with Crippen molar-refractivity contribution >= 4 is 21.8 Å². The van der Waals surface area contributed by atoms with E-state index in [2.05, 4.69) is 82.5 Å². The highest BCUT2D eigenvalue weighted by molar-refractivity contribution is 6.10. The second kappa shape index (κ2) is 13.3. The van der Waals surface area contributed by atoms with Gasteiger partial charge in [0, 0.05) is 33.2 Å². The van der Waals surface area contributed by atoms with Gasteiger partial charge in [0.25, 0.3) is 0 Å². The summed E-state index contributed by atoms with van der Waals surface area (Å²) in [6.45, 7) is 13.2. The number of aromatic nitrogens is 4. The molecule has 0 atom stereocenters. The lowest BCUT2D eigenvalue weighted by atomic mass is 9.85. The maximum atomic E-state index is 14.9. The first-order chi connectivity index (χ1) is 26.2. The third kappa shape index (κ3) is 6.80. The van der Waals surface area contributed by atoms with Gasteiger partial charge < -0.3 is 4.57 Å². The zero-order valence-corrected chi connectivity index (χ0v) is 31.7. The molecule has 0 aliphatic heterocycles. The standard InChI is InChI=1S/C48H41F3N4/c1-46(2,3)32-21-25-41-38(27-32)39-28-33(47(4,5)6)22-26-42(39)55(41)34-23-24-36(37(29-34)35-19-13-14-20-40(35)48(49,50)51)45-53-43(30-15-9-7-10-16-30)52-44(54-45)31-17-11-8-12-18-31/h7-29H,1-6H3. The van der Waals surface area contributed by atoms with Crippen LogP contribution < -0.4 is 0 Å². The minimum Gasteiger partial charge on any atom is -0.309 e. The summed E-state index contributed by atoms with van der Waals surface area (Å²) in [5, 5.41) is 2.18. The van der Waals surface area contributed by atoms with Crippen molar-refractivity contribution in [3.05, 3.63) is 156 Å². The number of nitrogens with zero attached hydrogens (tertiary/aromatic N) is 4. The van der Waals surface area contributed by atoms with Gasteiger partial charge >= 0.3 is 6.18 Å². The molecule has 0 aliphatic carbocycles. The van der Waals surface area contributed by atoms with Crippen LogP contribution in [-0.4, -0.2) is 19.5 Å². The molecule has 8 aromatic rings. The van der Waals surface area contributed by atoms with Gasteiger partial charge in [-0.25, -0.2) is 15.0 Å². The van der Waals surface area contributed by atoms with Gasteiger partial charge in [0.05, 0.1) is 16.6 Å². The van der Waals surface area contributed by atoms with E-state index in [1.54, 1.807) is 6.07 Å². The van der Waals surface area contributed by atoms with Crippen LogP contribution in [0.15, 0.2) is 140 Å². The van der Waals surface area contributed by atoms with Crippen LogP contribution in [0.4, 0.5) is 13.2 Å². The summed E-state index contributed by atoms with van der Waals surface area (Å²) in [7, 11) is 0. The van der Waals surface area contributed by atoms with E-state index in [-0.39, 0.29) is 22.2 Å². The second-order valence-corrected chi connectivity index (χ2v) is 16.1. The first-order valence-corrected chi connectivity index (χ1v) is 18.4. The Hall–Kier alpha value is -6.08. The van der Waals surface area contributed by atoms with Crippen LogP contribution in [0.25, 0.3) is 72.8 Å². The monoisotopic (exact) mass is 730 g/mol. The van der Waals surface area contributed by atoms with Gasteiger partial charge in [-0.15, -0.1) is 0 Å². The van der Waals surface area contributed by atoms with E-state index in [4.69, 9.17) is 15.0 Å². The highest BCUT2D eigenvalue weighted by atomic mass is 19.4. The Bertz CT molecular complexity index is 2570. The molecule has 4 nitrogen and oxygen atoms in total. The van der Waals surface area contributed by atoms with E-state index in [9.17, 15) is 13.2 Å². The molecule has 0 saturated heterocycles. The lowest BCUT2D eigenvalue weighted by Crippen LogP contribution is -2.10. The Labute approximate surface area is 319 Å². The van der Waals surface area contributed by atoms with Gasteiger partial charge in [-0.05, 0) is 81.6 Å². The highest BCUT2D eigenvalue weighted by Crippen LogP contribution is 2.43. The third-order valence-corrected chi connectivity index (χ3v) is 10.2. The summed E-state index contributed by atoms with van der Waals surface area (Å²) >= 11 is 0. The summed E-state index contributed by atoms with van der Waals surface area (Å²) < 4.78 is 46.7. The first kappa shape index (κ1) is 35.9. The van der Waals surface area contributed by atoms with Gasteiger partial charge in [-0.1, -0.05) is 133 Å². The molecular weight excluding hydrogens is 690 g/mol. The molecule has 0 unspecified atom stereocenters. The number of benzene rings is 6. The molecular formula is C48H41F3N4. The molecule has 0 bridgehead atoms. The van der Waals surface area contributed by atoms with Crippen LogP contribution in [0.2, 0.25) is 0 Å². The van der Waals surface area contributed by atoms with E-state index in [0.29, 0.717) is 22.8 Å². The van der Waals surface area contributed by atoms with Gasteiger partial charge in [0.2, 0.25) is 0 Å². The summed E-state index contributed by atoms with van der Waals surface area (Å²) in [5.41, 5.74) is 6.57. The molecule has 0 amide bonds. The van der Waals surface area contributed by atoms with E-state index in [1.165, 1.54) is 23.3 Å². The van der Waals surface area contributed by atoms with Gasteiger partial charge in [-0.2, -0.15) is 13.2 Å². The Kier molecular flexibility index (Phi) is 8.71. The van der Waals surface area contributed by atoms with Gasteiger partial charge in [-0.3, -0.25) is 0 Å². The van der Waals surface area contributed by atoms with Crippen LogP contribution in [-0.2, 0) is 17.0 Å². The van der Waals surface area contributed by atoms with E-state index >= 15 is 0 Å². The molecule has 0 aliphatic rings. The molecule has 7 heteroatoms. The van der Waals surface area contributed by atoms with Crippen LogP contribution in [0.3, 0.4) is 0 Å². The van der Waals surface area contributed by atoms with Crippen molar-refractivity contribution in [2.24, 2.45) is 0 Å². The maximum absolute atomic E-state index is 14.9. The highest BCUT2D eigenvalue weighted by Gasteiger charge is 2.34. The minimum absolute atomic E-state index is 0.0422. The van der Waals surface area contributed by atoms with E-state index in [1.807, 2.05) is 78.9 Å². The smallest absolute Gasteiger partial charge is 0.309 e. The Morgan fingerprint density at radius 2 is 0.909 bits per heavy atom. The molecule has 274 valence electrons. The quantitative estimate of drug-likeness (QED) is 0.177. The second-order valence-electron chi connectivity index (χ2n) is 16.1. The minimum atomic E-state index is -4.60. The fourth-order valence-corrected chi connectivity index (χ4v) is 7.22. The zero-order chi connectivity index (χ0) is 38.7.